The molecule has 0 unspecified atom stereocenters. The molecule has 1 aliphatic heterocycles. The molecule has 0 aromatic heterocycles. The molecule has 1 fully saturated rings. The molecule has 13 heavy (non-hydrogen) atoms. The van der Waals surface area contributed by atoms with Gasteiger partial charge in [-0.25, -0.2) is 5.84 Å². The molecule has 0 radical (unpaired) electrons. The van der Waals surface area contributed by atoms with Crippen molar-refractivity contribution in [3.05, 3.63) is 0 Å². The van der Waals surface area contributed by atoms with E-state index in [4.69, 9.17) is 5.84 Å². The van der Waals surface area contributed by atoms with Crippen LogP contribution in [-0.2, 0) is 4.79 Å². The van der Waals surface area contributed by atoms with Crippen molar-refractivity contribution in [3.63, 3.8) is 0 Å². The van der Waals surface area contributed by atoms with Crippen molar-refractivity contribution < 1.29 is 4.79 Å². The van der Waals surface area contributed by atoms with E-state index < -0.39 is 0 Å². The second-order valence-electron chi connectivity index (χ2n) is 3.89. The molecule has 5 heteroatoms. The van der Waals surface area contributed by atoms with Crippen molar-refractivity contribution >= 4 is 17.7 Å². The first-order valence-corrected chi connectivity index (χ1v) is 5.38. The minimum absolute atomic E-state index is 0.109. The van der Waals surface area contributed by atoms with Crippen molar-refractivity contribution in [1.29, 1.82) is 0 Å². The van der Waals surface area contributed by atoms with Crippen molar-refractivity contribution in [3.8, 4) is 0 Å². The molecule has 1 saturated heterocycles. The molecule has 76 valence electrons. The van der Waals surface area contributed by atoms with Crippen LogP contribution < -0.4 is 11.3 Å². The molecule has 1 heterocycles. The first kappa shape index (κ1) is 10.8. The summed E-state index contributed by atoms with van der Waals surface area (Å²) >= 11 is 1.95. The summed E-state index contributed by atoms with van der Waals surface area (Å²) in [6.45, 7) is 6.74. The highest BCUT2D eigenvalue weighted by Gasteiger charge is 2.27. The number of thioether (sulfide) groups is 1. The van der Waals surface area contributed by atoms with Crippen molar-refractivity contribution in [2.75, 3.05) is 25.4 Å². The van der Waals surface area contributed by atoms with E-state index in [1.165, 1.54) is 0 Å². The van der Waals surface area contributed by atoms with E-state index in [1.54, 1.807) is 0 Å². The van der Waals surface area contributed by atoms with Crippen LogP contribution in [0.15, 0.2) is 0 Å². The molecule has 3 N–H and O–H groups in total. The van der Waals surface area contributed by atoms with E-state index in [0.717, 1.165) is 18.8 Å². The smallest absolute Gasteiger partial charge is 0.248 e. The van der Waals surface area contributed by atoms with Gasteiger partial charge < -0.3 is 0 Å². The molecule has 0 saturated carbocycles. The minimum atomic E-state index is -0.109. The molecule has 0 aromatic carbocycles. The zero-order chi connectivity index (χ0) is 9.90. The van der Waals surface area contributed by atoms with Gasteiger partial charge in [0.05, 0.1) is 6.54 Å². The summed E-state index contributed by atoms with van der Waals surface area (Å²) in [7, 11) is 0. The van der Waals surface area contributed by atoms with Crippen LogP contribution in [-0.4, -0.2) is 40.9 Å². The molecule has 0 aliphatic carbocycles. The lowest BCUT2D eigenvalue weighted by Crippen LogP contribution is -2.48. The van der Waals surface area contributed by atoms with Gasteiger partial charge in [0.1, 0.15) is 0 Å². The third-order valence-electron chi connectivity index (χ3n) is 2.03. The van der Waals surface area contributed by atoms with Gasteiger partial charge in [-0.05, 0) is 13.8 Å². The predicted octanol–water partition coefficient (Wildman–Crippen LogP) is -0.196. The SMILES string of the molecule is CC1(C)CN(CC(=O)NN)CCS1. The fourth-order valence-electron chi connectivity index (χ4n) is 1.50. The monoisotopic (exact) mass is 203 g/mol. The van der Waals surface area contributed by atoms with E-state index >= 15 is 0 Å². The van der Waals surface area contributed by atoms with Crippen LogP contribution in [0.1, 0.15) is 13.8 Å². The summed E-state index contributed by atoms with van der Waals surface area (Å²) in [4.78, 5) is 13.1. The summed E-state index contributed by atoms with van der Waals surface area (Å²) in [6.07, 6.45) is 0. The van der Waals surface area contributed by atoms with E-state index in [0.29, 0.717) is 6.54 Å². The van der Waals surface area contributed by atoms with Crippen LogP contribution in [0.4, 0.5) is 0 Å². The number of carbonyl (C=O) groups is 1. The predicted molar refractivity (Wildman–Crippen MR) is 55.3 cm³/mol. The van der Waals surface area contributed by atoms with Gasteiger partial charge in [0.25, 0.3) is 0 Å². The molecule has 0 spiro atoms. The first-order chi connectivity index (χ1) is 6.03. The van der Waals surface area contributed by atoms with Crippen LogP contribution in [0.5, 0.6) is 0 Å². The highest BCUT2D eigenvalue weighted by molar-refractivity contribution is 8.00. The zero-order valence-corrected chi connectivity index (χ0v) is 8.99. The molecule has 1 rings (SSSR count). The number of carbonyl (C=O) groups excluding carboxylic acids is 1. The summed E-state index contributed by atoms with van der Waals surface area (Å²) in [5.74, 6) is 6.00. The highest BCUT2D eigenvalue weighted by Crippen LogP contribution is 2.28. The average Bonchev–Trinajstić information content (AvgIpc) is 2.02. The number of amides is 1. The van der Waals surface area contributed by atoms with Gasteiger partial charge in [-0.2, -0.15) is 11.8 Å². The Morgan fingerprint density at radius 2 is 2.38 bits per heavy atom. The second kappa shape index (κ2) is 4.30. The number of nitrogens with two attached hydrogens (primary N) is 1. The van der Waals surface area contributed by atoms with Crippen LogP contribution >= 0.6 is 11.8 Å². The Kier molecular flexibility index (Phi) is 3.58. The standard InChI is InChI=1S/C8H17N3OS/c1-8(2)6-11(3-4-13-8)5-7(12)10-9/h3-6,9H2,1-2H3,(H,10,12). The maximum absolute atomic E-state index is 11.0. The molecule has 0 atom stereocenters. The van der Waals surface area contributed by atoms with Crippen LogP contribution in [0.3, 0.4) is 0 Å². The lowest BCUT2D eigenvalue weighted by Gasteiger charge is -2.36. The van der Waals surface area contributed by atoms with Gasteiger partial charge in [-0.3, -0.25) is 15.1 Å². The number of hydrogen-bond acceptors (Lipinski definition) is 4. The minimum Gasteiger partial charge on any atom is -0.293 e. The maximum atomic E-state index is 11.0. The molecular formula is C8H17N3OS. The second-order valence-corrected chi connectivity index (χ2v) is 5.69. The molecule has 0 aromatic rings. The number of nitrogens with zero attached hydrogens (tertiary/aromatic N) is 1. The van der Waals surface area contributed by atoms with E-state index in [-0.39, 0.29) is 10.7 Å². The van der Waals surface area contributed by atoms with Crippen LogP contribution in [0, 0.1) is 0 Å². The van der Waals surface area contributed by atoms with E-state index in [9.17, 15) is 4.79 Å². The number of hydrogen-bond donors (Lipinski definition) is 2. The summed E-state index contributed by atoms with van der Waals surface area (Å²) in [5.41, 5.74) is 2.15. The Morgan fingerprint density at radius 1 is 1.69 bits per heavy atom. The molecule has 0 bridgehead atoms. The van der Waals surface area contributed by atoms with Gasteiger partial charge in [0.2, 0.25) is 5.91 Å². The Balaban J connectivity index is 2.39. The molecular weight excluding hydrogens is 186 g/mol. The third-order valence-corrected chi connectivity index (χ3v) is 3.33. The number of rotatable bonds is 2. The van der Waals surface area contributed by atoms with Crippen LogP contribution in [0.2, 0.25) is 0 Å². The third kappa shape index (κ3) is 3.54. The zero-order valence-electron chi connectivity index (χ0n) is 8.17. The fraction of sp³-hybridized carbons (Fsp3) is 0.875. The molecule has 1 amide bonds. The summed E-state index contributed by atoms with van der Waals surface area (Å²) in [5, 5.41) is 0. The van der Waals surface area contributed by atoms with Gasteiger partial charge in [0, 0.05) is 23.6 Å². The lowest BCUT2D eigenvalue weighted by molar-refractivity contribution is -0.122. The highest BCUT2D eigenvalue weighted by atomic mass is 32.2. The topological polar surface area (TPSA) is 58.4 Å². The Labute approximate surface area is 83.2 Å². The van der Waals surface area contributed by atoms with Gasteiger partial charge in [-0.1, -0.05) is 0 Å². The normalized spacial score (nSPS) is 22.7. The van der Waals surface area contributed by atoms with E-state index in [1.807, 2.05) is 11.8 Å². The molecule has 4 nitrogen and oxygen atoms in total. The Bertz CT molecular complexity index is 196. The maximum Gasteiger partial charge on any atom is 0.248 e. The van der Waals surface area contributed by atoms with E-state index in [2.05, 4.69) is 24.2 Å². The fourth-order valence-corrected chi connectivity index (χ4v) is 2.67. The van der Waals surface area contributed by atoms with Crippen molar-refractivity contribution in [1.82, 2.24) is 10.3 Å². The van der Waals surface area contributed by atoms with Crippen molar-refractivity contribution in [2.24, 2.45) is 5.84 Å². The Morgan fingerprint density at radius 3 is 2.92 bits per heavy atom. The van der Waals surface area contributed by atoms with Crippen LogP contribution in [0.25, 0.3) is 0 Å². The largest absolute Gasteiger partial charge is 0.293 e. The summed E-state index contributed by atoms with van der Waals surface area (Å²) < 4.78 is 0.257. The van der Waals surface area contributed by atoms with Gasteiger partial charge in [0.15, 0.2) is 0 Å². The number of hydrazine groups is 1. The lowest BCUT2D eigenvalue weighted by atomic mass is 10.2. The Hall–Kier alpha value is -0.260. The summed E-state index contributed by atoms with van der Waals surface area (Å²) in [6, 6.07) is 0. The molecule has 1 aliphatic rings. The van der Waals surface area contributed by atoms with Crippen molar-refractivity contribution in [2.45, 2.75) is 18.6 Å². The first-order valence-electron chi connectivity index (χ1n) is 4.39. The average molecular weight is 203 g/mol. The van der Waals surface area contributed by atoms with Gasteiger partial charge in [-0.15, -0.1) is 0 Å². The quantitative estimate of drug-likeness (QED) is 0.371. The number of nitrogens with one attached hydrogen (secondary N) is 1. The van der Waals surface area contributed by atoms with Gasteiger partial charge >= 0.3 is 0 Å².